The molecular weight excluding hydrogens is 278 g/mol. The fourth-order valence-electron chi connectivity index (χ4n) is 1.65. The Morgan fingerprint density at radius 1 is 1.60 bits per heavy atom. The molecule has 0 aliphatic rings. The Kier molecular flexibility index (Phi) is 5.14. The summed E-state index contributed by atoms with van der Waals surface area (Å²) < 4.78 is 5.04. The van der Waals surface area contributed by atoms with Gasteiger partial charge in [-0.15, -0.1) is 11.3 Å². The average Bonchev–Trinajstić information content (AvgIpc) is 3.08. The van der Waals surface area contributed by atoms with Crippen molar-refractivity contribution < 1.29 is 14.3 Å². The van der Waals surface area contributed by atoms with E-state index in [1.54, 1.807) is 12.1 Å². The molecule has 0 bridgehead atoms. The largest absolute Gasteiger partial charge is 0.467 e. The van der Waals surface area contributed by atoms with Crippen LogP contribution in [0.15, 0.2) is 28.2 Å². The van der Waals surface area contributed by atoms with Crippen LogP contribution in [0.4, 0.5) is 9.93 Å². The molecule has 108 valence electrons. The second kappa shape index (κ2) is 7.06. The lowest BCUT2D eigenvalue weighted by Crippen LogP contribution is -2.32. The number of furan rings is 1. The molecule has 2 aromatic rings. The van der Waals surface area contributed by atoms with Crippen LogP contribution in [-0.4, -0.2) is 22.7 Å². The maximum atomic E-state index is 11.7. The molecule has 2 rings (SSSR count). The molecule has 0 aromatic carbocycles. The van der Waals surface area contributed by atoms with Gasteiger partial charge in [0.05, 0.1) is 18.5 Å². The van der Waals surface area contributed by atoms with E-state index in [1.165, 1.54) is 17.6 Å². The maximum Gasteiger partial charge on any atom is 0.321 e. The highest BCUT2D eigenvalue weighted by Crippen LogP contribution is 2.16. The Bertz CT molecular complexity index is 539. The van der Waals surface area contributed by atoms with Crippen LogP contribution in [0.25, 0.3) is 0 Å². The molecule has 0 saturated carbocycles. The van der Waals surface area contributed by atoms with Crippen LogP contribution in [0.5, 0.6) is 0 Å². The molecule has 2 amide bonds. The number of aliphatic hydroxyl groups is 1. The summed E-state index contributed by atoms with van der Waals surface area (Å²) in [5, 5.41) is 17.4. The molecule has 3 N–H and O–H groups in total. The number of carbonyl (C=O) groups excluding carboxylic acids is 1. The molecule has 2 heterocycles. The van der Waals surface area contributed by atoms with Crippen LogP contribution in [0.2, 0.25) is 0 Å². The fraction of sp³-hybridized carbons (Fsp3) is 0.385. The first-order valence-electron chi connectivity index (χ1n) is 6.39. The molecule has 0 spiro atoms. The van der Waals surface area contributed by atoms with Crippen LogP contribution < -0.4 is 10.6 Å². The van der Waals surface area contributed by atoms with Gasteiger partial charge in [-0.25, -0.2) is 9.78 Å². The lowest BCUT2D eigenvalue weighted by molar-refractivity contribution is 0.149. The minimum absolute atomic E-state index is 0.0759. The lowest BCUT2D eigenvalue weighted by atomic mass is 10.3. The molecule has 0 fully saturated rings. The lowest BCUT2D eigenvalue weighted by Gasteiger charge is -2.09. The van der Waals surface area contributed by atoms with Crippen molar-refractivity contribution in [3.05, 3.63) is 35.2 Å². The summed E-state index contributed by atoms with van der Waals surface area (Å²) in [5.74, 6) is 0.421. The van der Waals surface area contributed by atoms with E-state index in [0.29, 0.717) is 10.9 Å². The van der Waals surface area contributed by atoms with Gasteiger partial charge >= 0.3 is 6.03 Å². The number of urea groups is 1. The van der Waals surface area contributed by atoms with Crippen molar-refractivity contribution in [1.29, 1.82) is 0 Å². The summed E-state index contributed by atoms with van der Waals surface area (Å²) in [6, 6.07) is 2.94. The standard InChI is InChI=1S/C13H17N3O3S/c1-2-4-9-8-20-13(15-9)16-12(18)14-7-10(17)11-5-3-6-19-11/h3,5-6,8,10,17H,2,4,7H2,1H3,(H2,14,15,16,18). The zero-order valence-corrected chi connectivity index (χ0v) is 11.9. The topological polar surface area (TPSA) is 87.4 Å². The second-order valence-corrected chi connectivity index (χ2v) is 5.12. The van der Waals surface area contributed by atoms with E-state index in [2.05, 4.69) is 22.5 Å². The van der Waals surface area contributed by atoms with E-state index in [0.717, 1.165) is 18.5 Å². The summed E-state index contributed by atoms with van der Waals surface area (Å²) in [5.41, 5.74) is 0.975. The van der Waals surface area contributed by atoms with Crippen molar-refractivity contribution in [2.24, 2.45) is 0 Å². The van der Waals surface area contributed by atoms with Crippen molar-refractivity contribution in [2.75, 3.05) is 11.9 Å². The van der Waals surface area contributed by atoms with Crippen molar-refractivity contribution in [3.63, 3.8) is 0 Å². The summed E-state index contributed by atoms with van der Waals surface area (Å²) in [7, 11) is 0. The van der Waals surface area contributed by atoms with Gasteiger partial charge in [0.2, 0.25) is 0 Å². The van der Waals surface area contributed by atoms with Crippen LogP contribution in [-0.2, 0) is 6.42 Å². The number of rotatable bonds is 6. The van der Waals surface area contributed by atoms with Gasteiger partial charge in [-0.3, -0.25) is 5.32 Å². The Morgan fingerprint density at radius 2 is 2.45 bits per heavy atom. The molecule has 0 saturated heterocycles. The molecular formula is C13H17N3O3S. The van der Waals surface area contributed by atoms with Gasteiger partial charge in [0.25, 0.3) is 0 Å². The Hall–Kier alpha value is -1.86. The summed E-state index contributed by atoms with van der Waals surface area (Å²) >= 11 is 1.39. The predicted molar refractivity (Wildman–Crippen MR) is 76.8 cm³/mol. The molecule has 0 radical (unpaired) electrons. The zero-order valence-electron chi connectivity index (χ0n) is 11.1. The van der Waals surface area contributed by atoms with Crippen molar-refractivity contribution in [2.45, 2.75) is 25.9 Å². The van der Waals surface area contributed by atoms with Crippen LogP contribution in [0.3, 0.4) is 0 Å². The molecule has 7 heteroatoms. The number of hydrogen-bond donors (Lipinski definition) is 3. The van der Waals surface area contributed by atoms with Gasteiger partial charge in [-0.2, -0.15) is 0 Å². The number of anilines is 1. The van der Waals surface area contributed by atoms with Crippen molar-refractivity contribution in [3.8, 4) is 0 Å². The molecule has 0 aliphatic heterocycles. The quantitative estimate of drug-likeness (QED) is 0.764. The van der Waals surface area contributed by atoms with Crippen molar-refractivity contribution >= 4 is 22.5 Å². The Balaban J connectivity index is 1.77. The summed E-state index contributed by atoms with van der Waals surface area (Å²) in [6.07, 6.45) is 2.54. The second-order valence-electron chi connectivity index (χ2n) is 4.26. The third kappa shape index (κ3) is 4.07. The van der Waals surface area contributed by atoms with E-state index in [9.17, 15) is 9.90 Å². The highest BCUT2D eigenvalue weighted by atomic mass is 32.1. The average molecular weight is 295 g/mol. The van der Waals surface area contributed by atoms with Gasteiger partial charge < -0.3 is 14.8 Å². The Morgan fingerprint density at radius 3 is 3.15 bits per heavy atom. The van der Waals surface area contributed by atoms with Crippen LogP contribution >= 0.6 is 11.3 Å². The number of aliphatic hydroxyl groups excluding tert-OH is 1. The van der Waals surface area contributed by atoms with Gasteiger partial charge in [-0.1, -0.05) is 13.3 Å². The number of carbonyl (C=O) groups is 1. The van der Waals surface area contributed by atoms with E-state index in [-0.39, 0.29) is 6.54 Å². The highest BCUT2D eigenvalue weighted by Gasteiger charge is 2.12. The number of nitrogens with one attached hydrogen (secondary N) is 2. The minimum Gasteiger partial charge on any atom is -0.467 e. The molecule has 0 aliphatic carbocycles. The maximum absolute atomic E-state index is 11.7. The monoisotopic (exact) mass is 295 g/mol. The fourth-order valence-corrected chi connectivity index (χ4v) is 2.39. The zero-order chi connectivity index (χ0) is 14.4. The van der Waals surface area contributed by atoms with Gasteiger partial charge in [0.15, 0.2) is 5.13 Å². The number of aryl methyl sites for hydroxylation is 1. The number of hydrogen-bond acceptors (Lipinski definition) is 5. The van der Waals surface area contributed by atoms with Gasteiger partial charge in [0.1, 0.15) is 11.9 Å². The Labute approximate surface area is 120 Å². The number of thiazole rings is 1. The molecule has 2 aromatic heterocycles. The van der Waals surface area contributed by atoms with Crippen LogP contribution in [0, 0.1) is 0 Å². The summed E-state index contributed by atoms with van der Waals surface area (Å²) in [4.78, 5) is 15.9. The summed E-state index contributed by atoms with van der Waals surface area (Å²) in [6.45, 7) is 2.15. The normalized spacial score (nSPS) is 12.1. The van der Waals surface area contributed by atoms with E-state index < -0.39 is 12.1 Å². The van der Waals surface area contributed by atoms with Crippen molar-refractivity contribution in [1.82, 2.24) is 10.3 Å². The number of aromatic nitrogens is 1. The van der Waals surface area contributed by atoms with E-state index in [1.807, 2.05) is 5.38 Å². The first-order valence-corrected chi connectivity index (χ1v) is 7.27. The molecule has 1 unspecified atom stereocenters. The molecule has 1 atom stereocenters. The molecule has 6 nitrogen and oxygen atoms in total. The first-order chi connectivity index (χ1) is 9.69. The highest BCUT2D eigenvalue weighted by molar-refractivity contribution is 7.13. The third-order valence-electron chi connectivity index (χ3n) is 2.61. The van der Waals surface area contributed by atoms with E-state index in [4.69, 9.17) is 4.42 Å². The smallest absolute Gasteiger partial charge is 0.321 e. The van der Waals surface area contributed by atoms with E-state index >= 15 is 0 Å². The minimum atomic E-state index is -0.859. The number of amides is 2. The van der Waals surface area contributed by atoms with Gasteiger partial charge in [0, 0.05) is 5.38 Å². The van der Waals surface area contributed by atoms with Gasteiger partial charge in [-0.05, 0) is 18.6 Å². The number of nitrogens with zero attached hydrogens (tertiary/aromatic N) is 1. The SMILES string of the molecule is CCCc1csc(NC(=O)NCC(O)c2ccco2)n1. The van der Waals surface area contributed by atoms with Crippen LogP contribution in [0.1, 0.15) is 30.9 Å². The first kappa shape index (κ1) is 14.5. The molecule has 20 heavy (non-hydrogen) atoms. The predicted octanol–water partition coefficient (Wildman–Crippen LogP) is 2.54. The third-order valence-corrected chi connectivity index (χ3v) is 3.41.